The van der Waals surface area contributed by atoms with E-state index in [0.29, 0.717) is 53.5 Å². The Hall–Kier alpha value is -3.80. The minimum atomic E-state index is -1.25. The Morgan fingerprint density at radius 1 is 1.09 bits per heavy atom. The molecule has 44 heavy (non-hydrogen) atoms. The van der Waals surface area contributed by atoms with Gasteiger partial charge in [-0.25, -0.2) is 9.37 Å². The molecule has 2 aromatic carbocycles. The van der Waals surface area contributed by atoms with E-state index in [4.69, 9.17) is 21.4 Å². The highest BCUT2D eigenvalue weighted by Gasteiger charge is 2.40. The molecule has 3 aliphatic heterocycles. The fourth-order valence-corrected chi connectivity index (χ4v) is 7.36. The first kappa shape index (κ1) is 28.9. The Balaban J connectivity index is 1.32. The molecule has 0 bridgehead atoms. The molecule has 6 N–H and O–H groups in total. The number of carbonyl (C=O) groups is 1. The highest BCUT2D eigenvalue weighted by Crippen LogP contribution is 2.46. The monoisotopic (exact) mass is 599 g/mol. The van der Waals surface area contributed by atoms with Crippen molar-refractivity contribution in [1.29, 1.82) is 0 Å². The molecule has 0 radical (unpaired) electrons. The van der Waals surface area contributed by atoms with Gasteiger partial charge in [0.1, 0.15) is 11.3 Å². The minimum absolute atomic E-state index is 0.0619. The van der Waals surface area contributed by atoms with E-state index in [-0.39, 0.29) is 23.5 Å². The molecule has 1 aliphatic carbocycles. The zero-order valence-electron chi connectivity index (χ0n) is 25.8. The Labute approximate surface area is 257 Å². The Bertz CT molecular complexity index is 1660. The summed E-state index contributed by atoms with van der Waals surface area (Å²) in [6.07, 6.45) is 5.94. The first-order valence-corrected chi connectivity index (χ1v) is 15.8. The van der Waals surface area contributed by atoms with Gasteiger partial charge in [-0.2, -0.15) is 4.98 Å². The standard InChI is InChI=1S/C33H42FN9O/c1-5-25(44)43-15-14-42(17-20(43)4)31-23-16-19(3)27(26-18(2)6-9-24-28(26)33(35,36)40-24)29(34)30(23)38-32(39-31)37-21-10-12-41(13-11-21)22-7-8-22/h5-6,9,16,20-22,40H,1,7-8,10-15,17,35-36H2,2-4H3,(H,37,38,39)/t20-/m1/s1. The van der Waals surface area contributed by atoms with Gasteiger partial charge in [0.25, 0.3) is 0 Å². The van der Waals surface area contributed by atoms with Crippen LogP contribution in [0.5, 0.6) is 0 Å². The molecule has 1 saturated carbocycles. The normalized spacial score (nSPS) is 21.9. The Kier molecular flexibility index (Phi) is 7.02. The lowest BCUT2D eigenvalue weighted by Crippen LogP contribution is -2.59. The van der Waals surface area contributed by atoms with Crippen LogP contribution >= 0.6 is 0 Å². The number of piperazine rings is 1. The number of fused-ring (bicyclic) bond motifs is 2. The predicted octanol–water partition coefficient (Wildman–Crippen LogP) is 3.77. The number of benzene rings is 2. The average molecular weight is 600 g/mol. The van der Waals surface area contributed by atoms with E-state index < -0.39 is 11.6 Å². The molecular formula is C33H42FN9O. The number of nitrogens with two attached hydrogens (primary N) is 2. The van der Waals surface area contributed by atoms with E-state index in [1.54, 1.807) is 0 Å². The first-order valence-electron chi connectivity index (χ1n) is 15.8. The van der Waals surface area contributed by atoms with Gasteiger partial charge in [-0.1, -0.05) is 12.6 Å². The van der Waals surface area contributed by atoms with Gasteiger partial charge in [0.2, 0.25) is 11.9 Å². The number of piperidine rings is 1. The molecule has 7 rings (SSSR count). The van der Waals surface area contributed by atoms with Crippen LogP contribution in [0.15, 0.2) is 30.9 Å². The van der Waals surface area contributed by atoms with Gasteiger partial charge in [0.05, 0.1) is 0 Å². The summed E-state index contributed by atoms with van der Waals surface area (Å²) in [5, 5.41) is 7.28. The summed E-state index contributed by atoms with van der Waals surface area (Å²) in [6.45, 7) is 13.3. The Morgan fingerprint density at radius 3 is 2.50 bits per heavy atom. The third kappa shape index (κ3) is 4.87. The summed E-state index contributed by atoms with van der Waals surface area (Å²) < 4.78 is 17.0. The van der Waals surface area contributed by atoms with Crippen molar-refractivity contribution in [2.24, 2.45) is 11.5 Å². The van der Waals surface area contributed by atoms with Crippen molar-refractivity contribution >= 4 is 34.3 Å². The van der Waals surface area contributed by atoms with E-state index in [1.807, 2.05) is 43.9 Å². The molecule has 0 unspecified atom stereocenters. The fraction of sp³-hybridized carbons (Fsp3) is 0.485. The third-order valence-corrected chi connectivity index (χ3v) is 9.84. The van der Waals surface area contributed by atoms with Gasteiger partial charge in [0, 0.05) is 73.0 Å². The van der Waals surface area contributed by atoms with Crippen LogP contribution in [0.2, 0.25) is 0 Å². The zero-order valence-corrected chi connectivity index (χ0v) is 25.8. The van der Waals surface area contributed by atoms with E-state index in [9.17, 15) is 4.79 Å². The second kappa shape index (κ2) is 10.7. The molecule has 3 fully saturated rings. The Morgan fingerprint density at radius 2 is 1.84 bits per heavy atom. The molecular weight excluding hydrogens is 557 g/mol. The van der Waals surface area contributed by atoms with Crippen molar-refractivity contribution in [2.75, 3.05) is 48.3 Å². The van der Waals surface area contributed by atoms with Gasteiger partial charge in [0.15, 0.2) is 11.6 Å². The van der Waals surface area contributed by atoms with Crippen LogP contribution in [0.4, 0.5) is 21.8 Å². The number of hydrogen-bond donors (Lipinski definition) is 4. The summed E-state index contributed by atoms with van der Waals surface area (Å²) in [4.78, 5) is 28.9. The molecule has 0 spiro atoms. The van der Waals surface area contributed by atoms with Crippen LogP contribution in [0.1, 0.15) is 49.3 Å². The van der Waals surface area contributed by atoms with Crippen molar-refractivity contribution < 1.29 is 9.18 Å². The molecule has 1 aromatic heterocycles. The summed E-state index contributed by atoms with van der Waals surface area (Å²) in [7, 11) is 0. The maximum absolute atomic E-state index is 17.0. The predicted molar refractivity (Wildman–Crippen MR) is 173 cm³/mol. The second-order valence-corrected chi connectivity index (χ2v) is 13.0. The topological polar surface area (TPSA) is 129 Å². The van der Waals surface area contributed by atoms with Crippen LogP contribution in [0.25, 0.3) is 22.0 Å². The summed E-state index contributed by atoms with van der Waals surface area (Å²) in [5.74, 6) is -0.651. The van der Waals surface area contributed by atoms with E-state index >= 15 is 4.39 Å². The minimum Gasteiger partial charge on any atom is -0.352 e. The number of anilines is 3. The quantitative estimate of drug-likeness (QED) is 0.247. The molecule has 4 heterocycles. The van der Waals surface area contributed by atoms with Gasteiger partial charge >= 0.3 is 0 Å². The number of hydrogen-bond acceptors (Lipinski definition) is 9. The maximum atomic E-state index is 17.0. The highest BCUT2D eigenvalue weighted by atomic mass is 19.1. The number of rotatable bonds is 6. The van der Waals surface area contributed by atoms with Gasteiger partial charge < -0.3 is 25.3 Å². The second-order valence-electron chi connectivity index (χ2n) is 13.0. The number of likely N-dealkylation sites (tertiary alicyclic amines) is 1. The number of nitrogens with zero attached hydrogens (tertiary/aromatic N) is 5. The lowest BCUT2D eigenvalue weighted by molar-refractivity contribution is -0.128. The number of aryl methyl sites for hydroxylation is 2. The lowest BCUT2D eigenvalue weighted by Gasteiger charge is -2.42. The van der Waals surface area contributed by atoms with Crippen LogP contribution in [-0.4, -0.2) is 76.5 Å². The molecule has 232 valence electrons. The van der Waals surface area contributed by atoms with Crippen LogP contribution < -0.4 is 27.0 Å². The maximum Gasteiger partial charge on any atom is 0.246 e. The van der Waals surface area contributed by atoms with Crippen molar-refractivity contribution in [1.82, 2.24) is 19.8 Å². The number of carbonyl (C=O) groups excluding carboxylic acids is 1. The molecule has 1 amide bonds. The first-order chi connectivity index (χ1) is 21.1. The van der Waals surface area contributed by atoms with E-state index in [1.165, 1.54) is 18.9 Å². The van der Waals surface area contributed by atoms with Crippen molar-refractivity contribution in [2.45, 2.75) is 70.4 Å². The molecule has 2 saturated heterocycles. The molecule has 10 nitrogen and oxygen atoms in total. The van der Waals surface area contributed by atoms with Crippen LogP contribution in [0.3, 0.4) is 0 Å². The van der Waals surface area contributed by atoms with Crippen molar-refractivity contribution in [3.8, 4) is 11.1 Å². The molecule has 11 heteroatoms. The smallest absolute Gasteiger partial charge is 0.246 e. The molecule has 3 aromatic rings. The largest absolute Gasteiger partial charge is 0.352 e. The summed E-state index contributed by atoms with van der Waals surface area (Å²) in [5.41, 5.74) is 17.3. The van der Waals surface area contributed by atoms with Gasteiger partial charge in [-0.15, -0.1) is 0 Å². The fourth-order valence-electron chi connectivity index (χ4n) is 7.36. The van der Waals surface area contributed by atoms with Crippen molar-refractivity contribution in [3.63, 3.8) is 0 Å². The number of amides is 1. The van der Waals surface area contributed by atoms with E-state index in [2.05, 4.69) is 27.0 Å². The third-order valence-electron chi connectivity index (χ3n) is 9.84. The van der Waals surface area contributed by atoms with E-state index in [0.717, 1.165) is 48.8 Å². The molecule has 4 aliphatic rings. The van der Waals surface area contributed by atoms with Crippen molar-refractivity contribution in [3.05, 3.63) is 53.4 Å². The summed E-state index contributed by atoms with van der Waals surface area (Å²) in [6, 6.07) is 6.76. The van der Waals surface area contributed by atoms with Crippen LogP contribution in [-0.2, 0) is 10.6 Å². The average Bonchev–Trinajstić information content (AvgIpc) is 3.84. The van der Waals surface area contributed by atoms with Crippen LogP contribution in [0, 0.1) is 19.7 Å². The zero-order chi connectivity index (χ0) is 30.9. The van der Waals surface area contributed by atoms with Gasteiger partial charge in [-0.05, 0) is 81.4 Å². The molecule has 1 atom stereocenters. The number of halogens is 1. The lowest BCUT2D eigenvalue weighted by atomic mass is 9.83. The SMILES string of the molecule is C=CC(=O)N1CCN(c2nc(NC3CCN(C4CC4)CC3)nc3c(F)c(-c4c(C)ccc5c4C(N)(N)N5)c(C)cc23)C[C@H]1C. The van der Waals surface area contributed by atoms with Gasteiger partial charge in [-0.3, -0.25) is 16.3 Å². The summed E-state index contributed by atoms with van der Waals surface area (Å²) >= 11 is 0. The number of aromatic nitrogens is 2. The number of nitrogens with one attached hydrogen (secondary N) is 2. The highest BCUT2D eigenvalue weighted by molar-refractivity contribution is 5.97.